The number of aromatic nitrogens is 1. The zero-order valence-electron chi connectivity index (χ0n) is 27.7. The molecule has 3 N–H and O–H groups in total. The second-order valence-electron chi connectivity index (χ2n) is 12.6. The van der Waals surface area contributed by atoms with Crippen LogP contribution >= 0.6 is 23.1 Å². The summed E-state index contributed by atoms with van der Waals surface area (Å²) in [4.78, 5) is 50.4. The number of aliphatic hydroxyl groups excluding tert-OH is 1. The number of benzene rings is 3. The minimum Gasteiger partial charge on any atom is -0.455 e. The maximum Gasteiger partial charge on any atom is 0.356 e. The standard InChI is InChI=1S/C37H37N5O6S2/c1-36(2,3)48-34(46)32-29(20-43)49-23-28-31(33(45)42(28)32)40-30(44)19-38-47-21-27-22-50-35(39-27)41-37(24-13-7-4-8-14-24,25-15-9-5-10-16-25)26-17-11-6-12-18-26/h4-19,22,28,31,43H,20-21,23H2,1-3H3,(H,39,41)(H,40,44). The number of thiazole rings is 1. The number of oxime groups is 1. The number of carbonyl (C=O) groups excluding carboxylic acids is 3. The van der Waals surface area contributed by atoms with E-state index in [2.05, 4.69) is 52.2 Å². The molecule has 4 aromatic rings. The summed E-state index contributed by atoms with van der Waals surface area (Å²) in [5.41, 5.74) is 2.26. The molecule has 1 saturated heterocycles. The lowest BCUT2D eigenvalue weighted by molar-refractivity contribution is -0.160. The van der Waals surface area contributed by atoms with Crippen molar-refractivity contribution in [1.82, 2.24) is 15.2 Å². The average Bonchev–Trinajstić information content (AvgIpc) is 3.58. The first-order valence-corrected chi connectivity index (χ1v) is 17.9. The van der Waals surface area contributed by atoms with Gasteiger partial charge in [0.05, 0.1) is 18.3 Å². The number of thioether (sulfide) groups is 1. The lowest BCUT2D eigenvalue weighted by Crippen LogP contribution is -2.72. The van der Waals surface area contributed by atoms with Crippen LogP contribution < -0.4 is 10.6 Å². The number of β-lactam (4-membered cyclic amide) rings is 1. The van der Waals surface area contributed by atoms with Gasteiger partial charge in [-0.15, -0.1) is 23.1 Å². The summed E-state index contributed by atoms with van der Waals surface area (Å²) in [5, 5.41) is 22.5. The molecule has 2 aliphatic heterocycles. The Hall–Kier alpha value is -4.98. The molecule has 3 heterocycles. The maximum absolute atomic E-state index is 13.1. The maximum atomic E-state index is 13.1. The van der Waals surface area contributed by atoms with Gasteiger partial charge in [-0.05, 0) is 37.5 Å². The number of hydrogen-bond donors (Lipinski definition) is 3. The second kappa shape index (κ2) is 14.9. The van der Waals surface area contributed by atoms with Crippen molar-refractivity contribution in [2.45, 2.75) is 50.6 Å². The van der Waals surface area contributed by atoms with Crippen molar-refractivity contribution in [3.8, 4) is 0 Å². The molecule has 1 aromatic heterocycles. The third kappa shape index (κ3) is 7.30. The fraction of sp³-hybridized carbons (Fsp3) is 0.270. The van der Waals surface area contributed by atoms with Crippen molar-refractivity contribution >= 4 is 52.2 Å². The van der Waals surface area contributed by atoms with E-state index in [1.54, 1.807) is 20.8 Å². The Balaban J connectivity index is 1.10. The fourth-order valence-corrected chi connectivity index (χ4v) is 7.82. The van der Waals surface area contributed by atoms with Crippen LogP contribution in [-0.2, 0) is 36.1 Å². The Morgan fingerprint density at radius 3 is 2.10 bits per heavy atom. The summed E-state index contributed by atoms with van der Waals surface area (Å²) >= 11 is 2.69. The van der Waals surface area contributed by atoms with Gasteiger partial charge in [0.2, 0.25) is 0 Å². The van der Waals surface area contributed by atoms with Crippen molar-refractivity contribution < 1.29 is 29.1 Å². The molecule has 2 atom stereocenters. The van der Waals surface area contributed by atoms with Gasteiger partial charge in [-0.25, -0.2) is 9.78 Å². The van der Waals surface area contributed by atoms with Crippen molar-refractivity contribution in [3.63, 3.8) is 0 Å². The number of fused-ring (bicyclic) bond motifs is 1. The van der Waals surface area contributed by atoms with Crippen LogP contribution in [0.2, 0.25) is 0 Å². The van der Waals surface area contributed by atoms with E-state index >= 15 is 0 Å². The van der Waals surface area contributed by atoms with Gasteiger partial charge < -0.3 is 25.3 Å². The van der Waals surface area contributed by atoms with Gasteiger partial charge in [0.1, 0.15) is 29.1 Å². The molecule has 2 amide bonds. The predicted octanol–water partition coefficient (Wildman–Crippen LogP) is 5.04. The molecule has 258 valence electrons. The molecule has 0 saturated carbocycles. The zero-order valence-corrected chi connectivity index (χ0v) is 29.4. The molecule has 11 nitrogen and oxygen atoms in total. The highest BCUT2D eigenvalue weighted by molar-refractivity contribution is 8.03. The van der Waals surface area contributed by atoms with E-state index in [1.807, 2.05) is 60.0 Å². The van der Waals surface area contributed by atoms with Gasteiger partial charge in [0.25, 0.3) is 11.8 Å². The number of esters is 1. The number of aliphatic hydroxyl groups is 1. The summed E-state index contributed by atoms with van der Waals surface area (Å²) in [6.45, 7) is 4.78. The molecule has 50 heavy (non-hydrogen) atoms. The van der Waals surface area contributed by atoms with Crippen LogP contribution in [0.5, 0.6) is 0 Å². The zero-order chi connectivity index (χ0) is 35.3. The van der Waals surface area contributed by atoms with Gasteiger partial charge in [-0.1, -0.05) is 96.2 Å². The van der Waals surface area contributed by atoms with Crippen molar-refractivity contribution in [1.29, 1.82) is 0 Å². The molecular formula is C37H37N5O6S2. The number of hydrogen-bond acceptors (Lipinski definition) is 11. The number of nitrogens with one attached hydrogen (secondary N) is 2. The fourth-order valence-electron chi connectivity index (χ4n) is 5.95. The van der Waals surface area contributed by atoms with Gasteiger partial charge >= 0.3 is 5.97 Å². The van der Waals surface area contributed by atoms with Crippen molar-refractivity contribution in [2.75, 3.05) is 17.7 Å². The van der Waals surface area contributed by atoms with E-state index in [-0.39, 0.29) is 12.3 Å². The topological polar surface area (TPSA) is 142 Å². The van der Waals surface area contributed by atoms with Crippen molar-refractivity contribution in [2.24, 2.45) is 5.16 Å². The summed E-state index contributed by atoms with van der Waals surface area (Å²) in [7, 11) is 0. The van der Waals surface area contributed by atoms with Crippen LogP contribution in [0.25, 0.3) is 0 Å². The van der Waals surface area contributed by atoms with Gasteiger partial charge in [0.15, 0.2) is 11.7 Å². The number of carbonyl (C=O) groups is 3. The van der Waals surface area contributed by atoms with Crippen LogP contribution in [0.1, 0.15) is 43.2 Å². The number of amides is 2. The lowest BCUT2D eigenvalue weighted by atomic mass is 9.77. The smallest absolute Gasteiger partial charge is 0.356 e. The molecule has 0 radical (unpaired) electrons. The number of ether oxygens (including phenoxy) is 1. The van der Waals surface area contributed by atoms with Gasteiger partial charge in [0, 0.05) is 16.0 Å². The van der Waals surface area contributed by atoms with E-state index in [0.717, 1.165) is 22.9 Å². The molecule has 3 aromatic carbocycles. The highest BCUT2D eigenvalue weighted by Crippen LogP contribution is 2.41. The van der Waals surface area contributed by atoms with Gasteiger partial charge in [-0.3, -0.25) is 14.5 Å². The monoisotopic (exact) mass is 711 g/mol. The second-order valence-corrected chi connectivity index (χ2v) is 14.6. The van der Waals surface area contributed by atoms with Crippen LogP contribution in [0.3, 0.4) is 0 Å². The first-order valence-electron chi connectivity index (χ1n) is 16.0. The normalized spacial score (nSPS) is 17.6. The van der Waals surface area contributed by atoms with Crippen LogP contribution in [0.4, 0.5) is 5.13 Å². The third-order valence-corrected chi connectivity index (χ3v) is 10.1. The van der Waals surface area contributed by atoms with E-state index < -0.39 is 47.6 Å². The molecule has 6 rings (SSSR count). The number of nitrogens with zero attached hydrogens (tertiary/aromatic N) is 3. The van der Waals surface area contributed by atoms with E-state index in [9.17, 15) is 19.5 Å². The van der Waals surface area contributed by atoms with E-state index in [1.165, 1.54) is 28.0 Å². The summed E-state index contributed by atoms with van der Waals surface area (Å²) in [6.07, 6.45) is 0.965. The number of rotatable bonds is 12. The summed E-state index contributed by atoms with van der Waals surface area (Å²) in [6, 6.07) is 29.3. The molecule has 0 aliphatic carbocycles. The summed E-state index contributed by atoms with van der Waals surface area (Å²) in [5.74, 6) is -1.39. The first kappa shape index (κ1) is 34.9. The molecular weight excluding hydrogens is 675 g/mol. The Morgan fingerprint density at radius 2 is 1.56 bits per heavy atom. The summed E-state index contributed by atoms with van der Waals surface area (Å²) < 4.78 is 5.47. The Kier molecular flexibility index (Phi) is 10.4. The lowest BCUT2D eigenvalue weighted by Gasteiger charge is -2.50. The van der Waals surface area contributed by atoms with E-state index in [0.29, 0.717) is 21.5 Å². The highest BCUT2D eigenvalue weighted by Gasteiger charge is 2.54. The SMILES string of the molecule is CC(C)(C)OC(=O)C1=C(CO)SCC2C(NC(=O)C=NOCc3csc(NC(c4ccccc4)(c4ccccc4)c4ccccc4)n3)C(=O)N12. The number of anilines is 1. The van der Waals surface area contributed by atoms with Gasteiger partial charge in [-0.2, -0.15) is 0 Å². The Morgan fingerprint density at radius 1 is 0.980 bits per heavy atom. The molecule has 2 aliphatic rings. The minimum absolute atomic E-state index is 0.0142. The van der Waals surface area contributed by atoms with Crippen LogP contribution in [-0.4, -0.2) is 69.0 Å². The average molecular weight is 712 g/mol. The molecule has 13 heteroatoms. The molecule has 1 fully saturated rings. The molecule has 0 bridgehead atoms. The molecule has 0 spiro atoms. The Labute approximate surface area is 298 Å². The third-order valence-electron chi connectivity index (χ3n) is 8.11. The Bertz CT molecular complexity index is 1800. The quantitative estimate of drug-likeness (QED) is 0.0606. The first-order chi connectivity index (χ1) is 24.1. The highest BCUT2D eigenvalue weighted by atomic mass is 32.2. The van der Waals surface area contributed by atoms with E-state index in [4.69, 9.17) is 14.6 Å². The predicted molar refractivity (Wildman–Crippen MR) is 193 cm³/mol. The van der Waals surface area contributed by atoms with Crippen molar-refractivity contribution in [3.05, 3.63) is 129 Å². The largest absolute Gasteiger partial charge is 0.455 e. The van der Waals surface area contributed by atoms with Crippen LogP contribution in [0, 0.1) is 0 Å². The molecule has 2 unspecified atom stereocenters. The van der Waals surface area contributed by atoms with Crippen LogP contribution in [0.15, 0.2) is 112 Å². The minimum atomic E-state index is -0.856.